The molecule has 7 heteroatoms. The van der Waals surface area contributed by atoms with Gasteiger partial charge < -0.3 is 11.1 Å². The Morgan fingerprint density at radius 3 is 2.80 bits per heavy atom. The lowest BCUT2D eigenvalue weighted by Gasteiger charge is -2.35. The number of nitrogens with one attached hydrogen (secondary N) is 1. The van der Waals surface area contributed by atoms with Crippen molar-refractivity contribution in [2.24, 2.45) is 5.73 Å². The maximum absolute atomic E-state index is 11.7. The molecule has 0 spiro atoms. The van der Waals surface area contributed by atoms with Crippen molar-refractivity contribution in [1.29, 1.82) is 0 Å². The number of halogens is 3. The number of piperazine rings is 1. The van der Waals surface area contributed by atoms with Crippen LogP contribution in [0.4, 0.5) is 13.2 Å². The molecule has 90 valence electrons. The van der Waals surface area contributed by atoms with Gasteiger partial charge in [0.2, 0.25) is 0 Å². The Hall–Kier alpha value is -0.370. The lowest BCUT2D eigenvalue weighted by atomic mass is 10.2. The van der Waals surface area contributed by atoms with Crippen LogP contribution < -0.4 is 11.1 Å². The summed E-state index contributed by atoms with van der Waals surface area (Å²) in [6.07, 6.45) is -4.54. The number of nitrogens with zero attached hydrogens (tertiary/aromatic N) is 1. The zero-order chi connectivity index (χ0) is 11.3. The topological polar surface area (TPSA) is 50.5 Å². The van der Waals surface area contributed by atoms with Crippen LogP contribution in [0, 0.1) is 0 Å². The van der Waals surface area contributed by atoms with Crippen molar-refractivity contribution in [3.05, 3.63) is 0 Å². The minimum Gasteiger partial charge on any atom is -0.329 e. The van der Waals surface area contributed by atoms with Crippen molar-refractivity contribution in [3.8, 4) is 0 Å². The fraction of sp³-hybridized carbons (Fsp3) is 1.00. The first-order chi connectivity index (χ1) is 7.03. The normalized spacial score (nSPS) is 24.4. The van der Waals surface area contributed by atoms with Gasteiger partial charge in [0.05, 0.1) is 6.61 Å². The van der Waals surface area contributed by atoms with E-state index in [0.29, 0.717) is 13.1 Å². The van der Waals surface area contributed by atoms with Crippen molar-refractivity contribution in [2.45, 2.75) is 12.4 Å². The molecule has 0 saturated carbocycles. The Morgan fingerprint density at radius 1 is 1.47 bits per heavy atom. The van der Waals surface area contributed by atoms with E-state index in [0.717, 1.165) is 13.1 Å². The maximum atomic E-state index is 11.7. The molecule has 3 N–H and O–H groups in total. The number of rotatable bonds is 4. The highest BCUT2D eigenvalue weighted by molar-refractivity contribution is 4.80. The molecular formula is C8H16F3N3O. The van der Waals surface area contributed by atoms with Crippen LogP contribution >= 0.6 is 0 Å². The van der Waals surface area contributed by atoms with Gasteiger partial charge in [0, 0.05) is 38.8 Å². The van der Waals surface area contributed by atoms with Crippen LogP contribution in [0.5, 0.6) is 0 Å². The molecule has 1 aliphatic heterocycles. The molecule has 1 aliphatic rings. The van der Waals surface area contributed by atoms with Gasteiger partial charge in [-0.25, -0.2) is 0 Å². The second-order valence-corrected chi connectivity index (χ2v) is 3.42. The van der Waals surface area contributed by atoms with Crippen LogP contribution in [-0.2, 0) is 4.74 Å². The smallest absolute Gasteiger partial charge is 0.329 e. The number of ether oxygens (including phenoxy) is 1. The van der Waals surface area contributed by atoms with E-state index >= 15 is 0 Å². The monoisotopic (exact) mass is 227 g/mol. The lowest BCUT2D eigenvalue weighted by molar-refractivity contribution is -0.325. The van der Waals surface area contributed by atoms with Gasteiger partial charge in [-0.05, 0) is 0 Å². The summed E-state index contributed by atoms with van der Waals surface area (Å²) in [5.74, 6) is 0. The Kier molecular flexibility index (Phi) is 4.78. The SMILES string of the molecule is NCC1CNCCN1CCOC(F)(F)F. The zero-order valence-corrected chi connectivity index (χ0v) is 8.39. The van der Waals surface area contributed by atoms with Crippen LogP contribution in [0.15, 0.2) is 0 Å². The third-order valence-corrected chi connectivity index (χ3v) is 2.39. The van der Waals surface area contributed by atoms with Gasteiger partial charge in [-0.2, -0.15) is 0 Å². The van der Waals surface area contributed by atoms with E-state index in [1.807, 2.05) is 4.90 Å². The van der Waals surface area contributed by atoms with Gasteiger partial charge >= 0.3 is 6.36 Å². The standard InChI is InChI=1S/C8H16F3N3O/c9-8(10,11)15-4-3-14-2-1-13-6-7(14)5-12/h7,13H,1-6,12H2. The lowest BCUT2D eigenvalue weighted by Crippen LogP contribution is -2.55. The summed E-state index contributed by atoms with van der Waals surface area (Å²) in [6, 6.07) is 0.107. The molecule has 1 atom stereocenters. The van der Waals surface area contributed by atoms with Gasteiger partial charge in [0.25, 0.3) is 0 Å². The second-order valence-electron chi connectivity index (χ2n) is 3.42. The number of hydrogen-bond acceptors (Lipinski definition) is 4. The van der Waals surface area contributed by atoms with Crippen molar-refractivity contribution >= 4 is 0 Å². The molecule has 1 saturated heterocycles. The van der Waals surface area contributed by atoms with Crippen molar-refractivity contribution in [2.75, 3.05) is 39.3 Å². The molecule has 4 nitrogen and oxygen atoms in total. The summed E-state index contributed by atoms with van der Waals surface area (Å²) in [7, 11) is 0. The molecule has 1 rings (SSSR count). The molecule has 15 heavy (non-hydrogen) atoms. The summed E-state index contributed by atoms with van der Waals surface area (Å²) in [4.78, 5) is 1.92. The van der Waals surface area contributed by atoms with E-state index in [4.69, 9.17) is 5.73 Å². The fourth-order valence-electron chi connectivity index (χ4n) is 1.61. The first-order valence-corrected chi connectivity index (χ1v) is 4.88. The number of alkyl halides is 3. The van der Waals surface area contributed by atoms with Crippen molar-refractivity contribution in [3.63, 3.8) is 0 Å². The quantitative estimate of drug-likeness (QED) is 0.695. The van der Waals surface area contributed by atoms with E-state index in [1.54, 1.807) is 0 Å². The molecule has 0 aromatic carbocycles. The molecule has 1 heterocycles. The molecular weight excluding hydrogens is 211 g/mol. The van der Waals surface area contributed by atoms with Gasteiger partial charge in [-0.1, -0.05) is 0 Å². The second kappa shape index (κ2) is 5.64. The third-order valence-electron chi connectivity index (χ3n) is 2.39. The summed E-state index contributed by atoms with van der Waals surface area (Å²) in [5, 5.41) is 3.14. The first-order valence-electron chi connectivity index (χ1n) is 4.88. The largest absolute Gasteiger partial charge is 0.522 e. The molecule has 1 fully saturated rings. The van der Waals surface area contributed by atoms with E-state index in [1.165, 1.54) is 0 Å². The number of nitrogens with two attached hydrogens (primary N) is 1. The molecule has 0 bridgehead atoms. The molecule has 0 aromatic rings. The predicted molar refractivity (Wildman–Crippen MR) is 49.3 cm³/mol. The molecule has 0 radical (unpaired) electrons. The molecule has 1 unspecified atom stereocenters. The highest BCUT2D eigenvalue weighted by Gasteiger charge is 2.29. The Bertz CT molecular complexity index is 188. The first kappa shape index (κ1) is 12.7. The van der Waals surface area contributed by atoms with Gasteiger partial charge in [0.15, 0.2) is 0 Å². The van der Waals surface area contributed by atoms with Crippen LogP contribution in [-0.4, -0.2) is 56.6 Å². The Morgan fingerprint density at radius 2 is 2.20 bits per heavy atom. The van der Waals surface area contributed by atoms with E-state index < -0.39 is 6.36 Å². The van der Waals surface area contributed by atoms with Crippen LogP contribution in [0.3, 0.4) is 0 Å². The van der Waals surface area contributed by atoms with E-state index in [9.17, 15) is 13.2 Å². The van der Waals surface area contributed by atoms with E-state index in [2.05, 4.69) is 10.1 Å². The van der Waals surface area contributed by atoms with Gasteiger partial charge in [-0.3, -0.25) is 9.64 Å². The zero-order valence-electron chi connectivity index (χ0n) is 8.39. The highest BCUT2D eigenvalue weighted by Crippen LogP contribution is 2.16. The van der Waals surface area contributed by atoms with Crippen LogP contribution in [0.25, 0.3) is 0 Å². The van der Waals surface area contributed by atoms with Crippen LogP contribution in [0.1, 0.15) is 0 Å². The Labute approximate surface area is 86.5 Å². The molecule has 0 amide bonds. The highest BCUT2D eigenvalue weighted by atomic mass is 19.4. The fourth-order valence-corrected chi connectivity index (χ4v) is 1.61. The van der Waals surface area contributed by atoms with Gasteiger partial charge in [-0.15, -0.1) is 13.2 Å². The predicted octanol–water partition coefficient (Wildman–Crippen LogP) is -0.245. The molecule has 0 aliphatic carbocycles. The minimum atomic E-state index is -4.54. The summed E-state index contributed by atoms with van der Waals surface area (Å²) >= 11 is 0. The van der Waals surface area contributed by atoms with Crippen LogP contribution in [0.2, 0.25) is 0 Å². The minimum absolute atomic E-state index is 0.107. The summed E-state index contributed by atoms with van der Waals surface area (Å²) in [6.45, 7) is 2.59. The number of hydrogen-bond donors (Lipinski definition) is 2. The maximum Gasteiger partial charge on any atom is 0.522 e. The summed E-state index contributed by atoms with van der Waals surface area (Å²) < 4.78 is 38.9. The Balaban J connectivity index is 2.23. The average molecular weight is 227 g/mol. The molecule has 0 aromatic heterocycles. The average Bonchev–Trinajstić information content (AvgIpc) is 2.16. The van der Waals surface area contributed by atoms with Crippen molar-refractivity contribution < 1.29 is 17.9 Å². The third kappa shape index (κ3) is 4.78. The van der Waals surface area contributed by atoms with E-state index in [-0.39, 0.29) is 19.2 Å². The summed E-state index contributed by atoms with van der Waals surface area (Å²) in [5.41, 5.74) is 5.51. The van der Waals surface area contributed by atoms with Gasteiger partial charge in [0.1, 0.15) is 0 Å². The van der Waals surface area contributed by atoms with Crippen molar-refractivity contribution in [1.82, 2.24) is 10.2 Å².